The molecule has 0 radical (unpaired) electrons. The second-order valence-electron chi connectivity index (χ2n) is 6.77. The van der Waals surface area contributed by atoms with Crippen molar-refractivity contribution in [2.24, 2.45) is 0 Å². The molecule has 0 fully saturated rings. The van der Waals surface area contributed by atoms with E-state index in [0.717, 1.165) is 23.9 Å². The minimum atomic E-state index is -4.59. The normalized spacial score (nSPS) is 11.3. The number of anilines is 4. The number of alkyl halides is 3. The van der Waals surface area contributed by atoms with E-state index in [4.69, 9.17) is 4.74 Å². The molecule has 30 heavy (non-hydrogen) atoms. The first kappa shape index (κ1) is 21.4. The van der Waals surface area contributed by atoms with Gasteiger partial charge >= 0.3 is 6.18 Å². The Balaban J connectivity index is 1.93. The first-order valence-electron chi connectivity index (χ1n) is 9.53. The number of aromatic nitrogens is 2. The van der Waals surface area contributed by atoms with Crippen LogP contribution in [0.15, 0.2) is 54.7 Å². The Hall–Kier alpha value is -3.29. The predicted octanol–water partition coefficient (Wildman–Crippen LogP) is 6.10. The van der Waals surface area contributed by atoms with E-state index in [2.05, 4.69) is 15.3 Å². The molecule has 0 aliphatic heterocycles. The molecular formula is C22H23F3N4O. The Labute approximate surface area is 173 Å². The topological polar surface area (TPSA) is 50.3 Å². The maximum Gasteiger partial charge on any atom is 0.421 e. The molecule has 0 aliphatic carbocycles. The van der Waals surface area contributed by atoms with Crippen LogP contribution in [0.5, 0.6) is 5.75 Å². The summed E-state index contributed by atoms with van der Waals surface area (Å²) in [5.74, 6) is 0.499. The number of aryl methyl sites for hydroxylation is 1. The standard InChI is InChI=1S/C22H23F3N4O/c1-4-13-30-17-11-9-16(10-12-17)27-20-18(22(23,24)25)14-26-21(28-20)29(3)19-8-6-5-7-15(19)2/h5-12,14H,4,13H2,1-3H3,(H,26,27,28). The number of hydrogen-bond acceptors (Lipinski definition) is 5. The van der Waals surface area contributed by atoms with Crippen molar-refractivity contribution in [1.29, 1.82) is 0 Å². The molecule has 1 aromatic heterocycles. The molecule has 2 aromatic carbocycles. The highest BCUT2D eigenvalue weighted by Crippen LogP contribution is 2.36. The molecule has 0 atom stereocenters. The molecule has 0 amide bonds. The number of nitrogens with zero attached hydrogens (tertiary/aromatic N) is 3. The summed E-state index contributed by atoms with van der Waals surface area (Å²) in [6.45, 7) is 4.48. The summed E-state index contributed by atoms with van der Waals surface area (Å²) in [5, 5.41) is 2.77. The Morgan fingerprint density at radius 3 is 2.40 bits per heavy atom. The lowest BCUT2D eigenvalue weighted by Crippen LogP contribution is -2.18. The fourth-order valence-electron chi connectivity index (χ4n) is 2.88. The van der Waals surface area contributed by atoms with Crippen LogP contribution in [0.4, 0.5) is 36.3 Å². The summed E-state index contributed by atoms with van der Waals surface area (Å²) in [6, 6.07) is 14.2. The maximum absolute atomic E-state index is 13.5. The number of benzene rings is 2. The lowest BCUT2D eigenvalue weighted by atomic mass is 10.2. The minimum absolute atomic E-state index is 0.155. The third-order valence-corrected chi connectivity index (χ3v) is 4.45. The van der Waals surface area contributed by atoms with Crippen molar-refractivity contribution in [3.05, 3.63) is 65.9 Å². The zero-order valence-electron chi connectivity index (χ0n) is 17.0. The van der Waals surface area contributed by atoms with Gasteiger partial charge in [-0.2, -0.15) is 18.2 Å². The van der Waals surface area contributed by atoms with Crippen molar-refractivity contribution in [2.45, 2.75) is 26.4 Å². The van der Waals surface area contributed by atoms with E-state index >= 15 is 0 Å². The van der Waals surface area contributed by atoms with E-state index in [9.17, 15) is 13.2 Å². The lowest BCUT2D eigenvalue weighted by molar-refractivity contribution is -0.137. The van der Waals surface area contributed by atoms with Gasteiger partial charge < -0.3 is 15.0 Å². The molecule has 8 heteroatoms. The third kappa shape index (κ3) is 5.00. The van der Waals surface area contributed by atoms with Crippen LogP contribution in [-0.4, -0.2) is 23.6 Å². The van der Waals surface area contributed by atoms with Crippen molar-refractivity contribution >= 4 is 23.1 Å². The zero-order valence-corrected chi connectivity index (χ0v) is 17.0. The van der Waals surface area contributed by atoms with E-state index in [-0.39, 0.29) is 11.8 Å². The van der Waals surface area contributed by atoms with Crippen molar-refractivity contribution in [3.63, 3.8) is 0 Å². The van der Waals surface area contributed by atoms with Crippen LogP contribution in [0.1, 0.15) is 24.5 Å². The summed E-state index contributed by atoms with van der Waals surface area (Å²) in [7, 11) is 1.72. The molecule has 1 N–H and O–H groups in total. The minimum Gasteiger partial charge on any atom is -0.494 e. The van der Waals surface area contributed by atoms with Crippen LogP contribution < -0.4 is 15.0 Å². The van der Waals surface area contributed by atoms with Gasteiger partial charge in [-0.15, -0.1) is 0 Å². The number of nitrogens with one attached hydrogen (secondary N) is 1. The van der Waals surface area contributed by atoms with Crippen molar-refractivity contribution in [1.82, 2.24) is 9.97 Å². The second-order valence-corrected chi connectivity index (χ2v) is 6.77. The highest BCUT2D eigenvalue weighted by molar-refractivity contribution is 5.65. The Morgan fingerprint density at radius 1 is 1.07 bits per heavy atom. The lowest BCUT2D eigenvalue weighted by Gasteiger charge is -2.21. The number of halogens is 3. The monoisotopic (exact) mass is 416 g/mol. The number of rotatable bonds is 7. The van der Waals surface area contributed by atoms with Gasteiger partial charge in [-0.25, -0.2) is 4.98 Å². The van der Waals surface area contributed by atoms with E-state index in [1.807, 2.05) is 38.1 Å². The molecule has 0 unspecified atom stereocenters. The summed E-state index contributed by atoms with van der Waals surface area (Å²) in [5.41, 5.74) is 1.30. The van der Waals surface area contributed by atoms with Crippen LogP contribution in [0, 0.1) is 6.92 Å². The molecule has 0 saturated heterocycles. The van der Waals surface area contributed by atoms with E-state index in [1.54, 1.807) is 36.2 Å². The van der Waals surface area contributed by atoms with E-state index < -0.39 is 11.7 Å². The molecule has 3 aromatic rings. The molecule has 0 bridgehead atoms. The predicted molar refractivity (Wildman–Crippen MR) is 112 cm³/mol. The van der Waals surface area contributed by atoms with Gasteiger partial charge in [0.2, 0.25) is 5.95 Å². The quantitative estimate of drug-likeness (QED) is 0.504. The highest BCUT2D eigenvalue weighted by atomic mass is 19.4. The fourth-order valence-corrected chi connectivity index (χ4v) is 2.88. The van der Waals surface area contributed by atoms with Crippen LogP contribution in [0.2, 0.25) is 0 Å². The van der Waals surface area contributed by atoms with Gasteiger partial charge in [-0.05, 0) is 49.2 Å². The first-order valence-corrected chi connectivity index (χ1v) is 9.53. The number of hydrogen-bond donors (Lipinski definition) is 1. The van der Waals surface area contributed by atoms with Crippen LogP contribution in [-0.2, 0) is 6.18 Å². The molecule has 0 aliphatic rings. The van der Waals surface area contributed by atoms with Crippen LogP contribution in [0.3, 0.4) is 0 Å². The third-order valence-electron chi connectivity index (χ3n) is 4.45. The molecule has 158 valence electrons. The SMILES string of the molecule is CCCOc1ccc(Nc2nc(N(C)c3ccccc3C)ncc2C(F)(F)F)cc1. The smallest absolute Gasteiger partial charge is 0.421 e. The fraction of sp³-hybridized carbons (Fsp3) is 0.273. The number of para-hydroxylation sites is 1. The molecule has 5 nitrogen and oxygen atoms in total. The average molecular weight is 416 g/mol. The summed E-state index contributed by atoms with van der Waals surface area (Å²) in [4.78, 5) is 9.78. The van der Waals surface area contributed by atoms with Gasteiger partial charge in [0.1, 0.15) is 17.1 Å². The van der Waals surface area contributed by atoms with Crippen LogP contribution in [0.25, 0.3) is 0 Å². The largest absolute Gasteiger partial charge is 0.494 e. The van der Waals surface area contributed by atoms with Gasteiger partial charge in [0, 0.05) is 24.6 Å². The Bertz CT molecular complexity index is 990. The van der Waals surface area contributed by atoms with E-state index in [0.29, 0.717) is 18.0 Å². The van der Waals surface area contributed by atoms with Crippen molar-refractivity contribution in [3.8, 4) is 5.75 Å². The molecular weight excluding hydrogens is 393 g/mol. The second kappa shape index (κ2) is 9.02. The van der Waals surface area contributed by atoms with Crippen molar-refractivity contribution in [2.75, 3.05) is 23.9 Å². The number of ether oxygens (including phenoxy) is 1. The summed E-state index contributed by atoms with van der Waals surface area (Å²) < 4.78 is 46.1. The van der Waals surface area contributed by atoms with Gasteiger partial charge in [-0.1, -0.05) is 25.1 Å². The zero-order chi connectivity index (χ0) is 21.7. The average Bonchev–Trinajstić information content (AvgIpc) is 2.72. The van der Waals surface area contributed by atoms with E-state index in [1.165, 1.54) is 0 Å². The Kier molecular flexibility index (Phi) is 6.44. The molecule has 3 rings (SSSR count). The summed E-state index contributed by atoms with van der Waals surface area (Å²) >= 11 is 0. The van der Waals surface area contributed by atoms with Crippen LogP contribution >= 0.6 is 0 Å². The first-order chi connectivity index (χ1) is 14.3. The van der Waals surface area contributed by atoms with Gasteiger partial charge in [0.25, 0.3) is 0 Å². The molecule has 0 saturated carbocycles. The highest BCUT2D eigenvalue weighted by Gasteiger charge is 2.35. The van der Waals surface area contributed by atoms with Crippen molar-refractivity contribution < 1.29 is 17.9 Å². The maximum atomic E-state index is 13.5. The van der Waals surface area contributed by atoms with Gasteiger partial charge in [0.05, 0.1) is 6.61 Å². The Morgan fingerprint density at radius 2 is 1.77 bits per heavy atom. The van der Waals surface area contributed by atoms with Gasteiger partial charge in [0.15, 0.2) is 0 Å². The van der Waals surface area contributed by atoms with Gasteiger partial charge in [-0.3, -0.25) is 0 Å². The summed E-state index contributed by atoms with van der Waals surface area (Å²) in [6.07, 6.45) is -2.92. The molecule has 0 spiro atoms. The molecule has 1 heterocycles.